The zero-order valence-corrected chi connectivity index (χ0v) is 28.1. The molecule has 0 N–H and O–H groups in total. The molecule has 4 heterocycles. The van der Waals surface area contributed by atoms with Crippen molar-refractivity contribution in [2.45, 2.75) is 139 Å². The Morgan fingerprint density at radius 3 is 1.70 bits per heavy atom. The molecule has 0 bridgehead atoms. The van der Waals surface area contributed by atoms with Gasteiger partial charge in [-0.05, 0) is 66.5 Å². The van der Waals surface area contributed by atoms with Crippen LogP contribution in [0.1, 0.15) is 121 Å². The Labute approximate surface area is 241 Å². The van der Waals surface area contributed by atoms with E-state index in [1.54, 1.807) is 33.5 Å². The van der Waals surface area contributed by atoms with E-state index in [9.17, 15) is 0 Å². The molecule has 1 atom stereocenters. The summed E-state index contributed by atoms with van der Waals surface area (Å²) < 4.78 is 1.66. The van der Waals surface area contributed by atoms with E-state index in [1.807, 2.05) is 0 Å². The summed E-state index contributed by atoms with van der Waals surface area (Å²) in [5.41, 5.74) is 0.384. The monoisotopic (exact) mass is 574 g/mol. The fraction of sp³-hybridized carbons (Fsp3) is 0.636. The Kier molecular flexibility index (Phi) is 9.16. The lowest BCUT2D eigenvalue weighted by Crippen LogP contribution is -2.15. The summed E-state index contributed by atoms with van der Waals surface area (Å²) in [5.74, 6) is 2.16. The summed E-state index contributed by atoms with van der Waals surface area (Å²) in [7, 11) is -1.25. The number of rotatable bonds is 11. The van der Waals surface area contributed by atoms with Gasteiger partial charge in [-0.1, -0.05) is 93.9 Å². The van der Waals surface area contributed by atoms with Crippen LogP contribution in [0.3, 0.4) is 0 Å². The molecular weight excluding hydrogens is 525 g/mol. The van der Waals surface area contributed by atoms with Gasteiger partial charge in [-0.25, -0.2) is 0 Å². The van der Waals surface area contributed by atoms with Crippen molar-refractivity contribution in [3.63, 3.8) is 0 Å². The molecule has 0 aromatic carbocycles. The highest BCUT2D eigenvalue weighted by Crippen LogP contribution is 2.80. The third-order valence-corrected chi connectivity index (χ3v) is 17.2. The molecule has 37 heavy (non-hydrogen) atoms. The average molecular weight is 575 g/mol. The third-order valence-electron chi connectivity index (χ3n) is 7.81. The normalized spacial score (nSPS) is 16.6. The summed E-state index contributed by atoms with van der Waals surface area (Å²) in [6, 6.07) is 10.2. The lowest BCUT2D eigenvalue weighted by atomic mass is 9.95. The minimum Gasteiger partial charge on any atom is -0.148 e. The predicted octanol–water partition coefficient (Wildman–Crippen LogP) is 12.8. The standard InChI is InChI=1S/C33H50S4/c1-10-12-14-15-17-24(16-13-11-2)22-37(29-19-18-23(3)34-29)25-20-27(32(4,5)6)35-30(25)31-26(37)21-28(36-31)33(7,8)9/h18-21,24H,10-17,22H2,1-9H3. The molecular formula is C33H50S4. The second-order valence-corrected chi connectivity index (χ2v) is 20.0. The van der Waals surface area contributed by atoms with Gasteiger partial charge < -0.3 is 0 Å². The zero-order chi connectivity index (χ0) is 27.0. The maximum atomic E-state index is 2.67. The Bertz CT molecular complexity index is 1120. The Balaban J connectivity index is 1.91. The van der Waals surface area contributed by atoms with Crippen molar-refractivity contribution in [1.82, 2.24) is 0 Å². The smallest absolute Gasteiger partial charge is 0.0584 e. The lowest BCUT2D eigenvalue weighted by Gasteiger charge is -2.40. The first-order chi connectivity index (χ1) is 17.4. The maximum absolute atomic E-state index is 2.67. The van der Waals surface area contributed by atoms with E-state index in [1.165, 1.54) is 62.0 Å². The van der Waals surface area contributed by atoms with Crippen molar-refractivity contribution in [1.29, 1.82) is 0 Å². The first-order valence-corrected chi connectivity index (χ1v) is 18.8. The number of unbranched alkanes of at least 4 members (excludes halogenated alkanes) is 4. The van der Waals surface area contributed by atoms with Crippen LogP contribution in [-0.4, -0.2) is 5.75 Å². The Morgan fingerprint density at radius 1 is 0.703 bits per heavy atom. The van der Waals surface area contributed by atoms with Gasteiger partial charge in [0.25, 0.3) is 0 Å². The van der Waals surface area contributed by atoms with E-state index in [2.05, 4.69) is 121 Å². The first-order valence-electron chi connectivity index (χ1n) is 14.6. The van der Waals surface area contributed by atoms with Crippen LogP contribution >= 0.6 is 44.0 Å². The van der Waals surface area contributed by atoms with Gasteiger partial charge in [-0.3, -0.25) is 0 Å². The summed E-state index contributed by atoms with van der Waals surface area (Å²) in [4.78, 5) is 11.2. The van der Waals surface area contributed by atoms with E-state index in [0.29, 0.717) is 0 Å². The Morgan fingerprint density at radius 2 is 1.24 bits per heavy atom. The van der Waals surface area contributed by atoms with Crippen molar-refractivity contribution in [2.24, 2.45) is 5.92 Å². The molecule has 206 valence electrons. The zero-order valence-electron chi connectivity index (χ0n) is 24.9. The van der Waals surface area contributed by atoms with Crippen LogP contribution < -0.4 is 0 Å². The largest absolute Gasteiger partial charge is 0.148 e. The fourth-order valence-electron chi connectivity index (χ4n) is 5.54. The highest BCUT2D eigenvalue weighted by Gasteiger charge is 2.46. The highest BCUT2D eigenvalue weighted by atomic mass is 32.3. The van der Waals surface area contributed by atoms with Gasteiger partial charge in [0, 0.05) is 24.4 Å². The molecule has 4 rings (SSSR count). The predicted molar refractivity (Wildman–Crippen MR) is 173 cm³/mol. The molecule has 0 saturated heterocycles. The first kappa shape index (κ1) is 29.4. The van der Waals surface area contributed by atoms with Crippen LogP contribution in [0, 0.1) is 12.8 Å². The van der Waals surface area contributed by atoms with Gasteiger partial charge in [0.2, 0.25) is 0 Å². The molecule has 3 aromatic heterocycles. The van der Waals surface area contributed by atoms with Crippen molar-refractivity contribution < 1.29 is 0 Å². The molecule has 0 fully saturated rings. The van der Waals surface area contributed by atoms with Gasteiger partial charge in [0.15, 0.2) is 0 Å². The molecule has 0 amide bonds. The molecule has 0 saturated carbocycles. The molecule has 0 radical (unpaired) electrons. The van der Waals surface area contributed by atoms with Gasteiger partial charge in [-0.15, -0.1) is 44.0 Å². The van der Waals surface area contributed by atoms with Crippen LogP contribution in [0.2, 0.25) is 0 Å². The van der Waals surface area contributed by atoms with Crippen molar-refractivity contribution in [3.05, 3.63) is 38.9 Å². The van der Waals surface area contributed by atoms with Gasteiger partial charge in [0.05, 0.1) is 14.0 Å². The molecule has 0 nitrogen and oxygen atoms in total. The number of fused-ring (bicyclic) bond motifs is 3. The fourth-order valence-corrected chi connectivity index (χ4v) is 15.6. The molecule has 1 aliphatic heterocycles. The molecule has 1 aliphatic rings. The Hall–Kier alpha value is -0.550. The van der Waals surface area contributed by atoms with Crippen molar-refractivity contribution in [3.8, 4) is 9.75 Å². The van der Waals surface area contributed by atoms with Crippen LogP contribution in [-0.2, 0) is 10.8 Å². The van der Waals surface area contributed by atoms with Gasteiger partial charge >= 0.3 is 0 Å². The van der Waals surface area contributed by atoms with Crippen LogP contribution in [0.4, 0.5) is 0 Å². The number of hydrogen-bond acceptors (Lipinski definition) is 3. The summed E-state index contributed by atoms with van der Waals surface area (Å²) in [6.45, 7) is 21.4. The summed E-state index contributed by atoms with van der Waals surface area (Å²) in [6.07, 6.45) is 11.0. The highest BCUT2D eigenvalue weighted by molar-refractivity contribution is 8.35. The van der Waals surface area contributed by atoms with E-state index < -0.39 is 10.0 Å². The van der Waals surface area contributed by atoms with Gasteiger partial charge in [0.1, 0.15) is 0 Å². The SMILES string of the molecule is CCCCCCC(CCCC)CS1(c2ccc(C)s2)c2cc(C(C)(C)C)sc2-c2sc(C(C)(C)C)cc21. The molecule has 0 spiro atoms. The molecule has 1 unspecified atom stereocenters. The number of hydrogen-bond donors (Lipinski definition) is 0. The topological polar surface area (TPSA) is 0 Å². The minimum absolute atomic E-state index is 0.192. The maximum Gasteiger partial charge on any atom is 0.0584 e. The van der Waals surface area contributed by atoms with Crippen molar-refractivity contribution in [2.75, 3.05) is 5.75 Å². The lowest BCUT2D eigenvalue weighted by molar-refractivity contribution is 0.449. The second-order valence-electron chi connectivity index (χ2n) is 13.2. The summed E-state index contributed by atoms with van der Waals surface area (Å²) in [5, 5.41) is 0. The number of aryl methyl sites for hydroxylation is 1. The van der Waals surface area contributed by atoms with Crippen molar-refractivity contribution >= 4 is 44.0 Å². The van der Waals surface area contributed by atoms with E-state index in [0.717, 1.165) is 5.92 Å². The minimum atomic E-state index is -1.25. The molecule has 0 aliphatic carbocycles. The average Bonchev–Trinajstić information content (AvgIpc) is 3.57. The quantitative estimate of drug-likeness (QED) is 0.200. The van der Waals surface area contributed by atoms with E-state index in [4.69, 9.17) is 0 Å². The van der Waals surface area contributed by atoms with Crippen LogP contribution in [0.25, 0.3) is 9.75 Å². The van der Waals surface area contributed by atoms with E-state index >= 15 is 0 Å². The molecule has 3 aromatic rings. The van der Waals surface area contributed by atoms with E-state index in [-0.39, 0.29) is 10.8 Å². The van der Waals surface area contributed by atoms with Gasteiger partial charge in [-0.2, -0.15) is 0 Å². The molecule has 4 heteroatoms. The van der Waals surface area contributed by atoms with Crippen LogP contribution in [0.15, 0.2) is 38.3 Å². The second kappa shape index (κ2) is 11.5. The van der Waals surface area contributed by atoms with Crippen LogP contribution in [0.5, 0.6) is 0 Å². The third kappa shape index (κ3) is 5.98. The summed E-state index contributed by atoms with van der Waals surface area (Å²) >= 11 is 6.30. The number of thiophene rings is 3.